The molecule has 0 bridgehead atoms. The second-order valence-corrected chi connectivity index (χ2v) is 5.03. The van der Waals surface area contributed by atoms with Crippen LogP contribution in [0.1, 0.15) is 38.2 Å². The van der Waals surface area contributed by atoms with Gasteiger partial charge in [-0.1, -0.05) is 0 Å². The van der Waals surface area contributed by atoms with Crippen molar-refractivity contribution in [2.24, 2.45) is 0 Å². The van der Waals surface area contributed by atoms with E-state index in [1.54, 1.807) is 0 Å². The number of aromatic amines is 1. The molecule has 0 spiro atoms. The number of amides is 1. The molecule has 0 saturated carbocycles. The number of carbonyl (C=O) groups is 1. The highest BCUT2D eigenvalue weighted by atomic mass is 16.5. The average molecular weight is 265 g/mol. The Bertz CT molecular complexity index is 372. The molecule has 0 radical (unpaired) electrons. The Morgan fingerprint density at radius 2 is 2.53 bits per heavy atom. The van der Waals surface area contributed by atoms with E-state index in [4.69, 9.17) is 4.74 Å². The van der Waals surface area contributed by atoms with Crippen molar-refractivity contribution in [2.75, 3.05) is 19.7 Å². The number of hydrogen-bond acceptors (Lipinski definition) is 3. The Hall–Kier alpha value is -1.36. The van der Waals surface area contributed by atoms with Crippen LogP contribution >= 0.6 is 0 Å². The van der Waals surface area contributed by atoms with Crippen molar-refractivity contribution in [3.63, 3.8) is 0 Å². The molecule has 1 fully saturated rings. The van der Waals surface area contributed by atoms with Crippen LogP contribution in [0.2, 0.25) is 0 Å². The Morgan fingerprint density at radius 3 is 3.16 bits per heavy atom. The molecule has 1 saturated heterocycles. The summed E-state index contributed by atoms with van der Waals surface area (Å²) in [6.07, 6.45) is 8.53. The summed E-state index contributed by atoms with van der Waals surface area (Å²) in [5, 5.41) is 6.69. The molecule has 1 N–H and O–H groups in total. The number of rotatable bonds is 7. The molecule has 5 heteroatoms. The van der Waals surface area contributed by atoms with Gasteiger partial charge in [0, 0.05) is 32.3 Å². The van der Waals surface area contributed by atoms with Gasteiger partial charge < -0.3 is 9.64 Å². The summed E-state index contributed by atoms with van der Waals surface area (Å²) in [5.41, 5.74) is 1.16. The van der Waals surface area contributed by atoms with Crippen LogP contribution < -0.4 is 0 Å². The zero-order chi connectivity index (χ0) is 13.5. The number of ether oxygens (including phenoxy) is 1. The van der Waals surface area contributed by atoms with E-state index >= 15 is 0 Å². The minimum absolute atomic E-state index is 0.237. The second-order valence-electron chi connectivity index (χ2n) is 5.03. The molecule has 1 aromatic heterocycles. The molecule has 1 aliphatic rings. The predicted octanol–water partition coefficient (Wildman–Crippen LogP) is 1.76. The van der Waals surface area contributed by atoms with Crippen LogP contribution in [0.15, 0.2) is 12.4 Å². The Kier molecular flexibility index (Phi) is 5.39. The number of hydrogen-bond donors (Lipinski definition) is 1. The molecule has 1 amide bonds. The zero-order valence-corrected chi connectivity index (χ0v) is 11.6. The van der Waals surface area contributed by atoms with Gasteiger partial charge in [0.15, 0.2) is 0 Å². The monoisotopic (exact) mass is 265 g/mol. The lowest BCUT2D eigenvalue weighted by atomic mass is 10.1. The van der Waals surface area contributed by atoms with E-state index in [2.05, 4.69) is 10.2 Å². The first kappa shape index (κ1) is 14.1. The van der Waals surface area contributed by atoms with E-state index in [0.29, 0.717) is 6.42 Å². The van der Waals surface area contributed by atoms with Gasteiger partial charge in [0.1, 0.15) is 0 Å². The van der Waals surface area contributed by atoms with Crippen LogP contribution in [0.5, 0.6) is 0 Å². The minimum Gasteiger partial charge on any atom is -0.376 e. The number of aryl methyl sites for hydroxylation is 1. The van der Waals surface area contributed by atoms with Crippen LogP contribution in [-0.4, -0.2) is 46.8 Å². The summed E-state index contributed by atoms with van der Waals surface area (Å²) in [7, 11) is 0. The number of carbonyl (C=O) groups excluding carboxylic acids is 1. The van der Waals surface area contributed by atoms with Crippen molar-refractivity contribution in [1.29, 1.82) is 0 Å². The number of H-pyrrole nitrogens is 1. The smallest absolute Gasteiger partial charge is 0.222 e. The van der Waals surface area contributed by atoms with Gasteiger partial charge in [-0.05, 0) is 38.2 Å². The van der Waals surface area contributed by atoms with E-state index in [0.717, 1.165) is 50.9 Å². The normalized spacial score (nSPS) is 18.7. The molecule has 19 heavy (non-hydrogen) atoms. The third-order valence-electron chi connectivity index (χ3n) is 3.59. The maximum absolute atomic E-state index is 12.1. The SMILES string of the molecule is CCN(C[C@@H]1CCCO1)C(=O)CCCc1cn[nH]c1. The van der Waals surface area contributed by atoms with Crippen molar-refractivity contribution in [2.45, 2.75) is 45.1 Å². The zero-order valence-electron chi connectivity index (χ0n) is 11.6. The van der Waals surface area contributed by atoms with E-state index in [9.17, 15) is 4.79 Å². The lowest BCUT2D eigenvalue weighted by molar-refractivity contribution is -0.132. The van der Waals surface area contributed by atoms with E-state index in [-0.39, 0.29) is 12.0 Å². The second kappa shape index (κ2) is 7.28. The third kappa shape index (κ3) is 4.35. The molecule has 2 heterocycles. The standard InChI is InChI=1S/C14H23N3O2/c1-2-17(11-13-6-4-8-19-13)14(18)7-3-5-12-9-15-16-10-12/h9-10,13H,2-8,11H2,1H3,(H,15,16)/t13-/m0/s1. The molecule has 1 aromatic rings. The summed E-state index contributed by atoms with van der Waals surface area (Å²) >= 11 is 0. The van der Waals surface area contributed by atoms with Gasteiger partial charge in [0.2, 0.25) is 5.91 Å². The molecular formula is C14H23N3O2. The molecule has 2 rings (SSSR count). The Balaban J connectivity index is 1.70. The largest absolute Gasteiger partial charge is 0.376 e. The van der Waals surface area contributed by atoms with Crippen LogP contribution in [-0.2, 0) is 16.0 Å². The minimum atomic E-state index is 0.237. The van der Waals surface area contributed by atoms with Crippen molar-refractivity contribution < 1.29 is 9.53 Å². The highest BCUT2D eigenvalue weighted by Crippen LogP contribution is 2.14. The summed E-state index contributed by atoms with van der Waals surface area (Å²) < 4.78 is 5.59. The molecule has 0 aromatic carbocycles. The van der Waals surface area contributed by atoms with Gasteiger partial charge in [-0.15, -0.1) is 0 Å². The maximum atomic E-state index is 12.1. The molecular weight excluding hydrogens is 242 g/mol. The molecule has 0 aliphatic carbocycles. The highest BCUT2D eigenvalue weighted by molar-refractivity contribution is 5.76. The first-order valence-corrected chi connectivity index (χ1v) is 7.16. The van der Waals surface area contributed by atoms with Crippen molar-refractivity contribution >= 4 is 5.91 Å². The van der Waals surface area contributed by atoms with Crippen molar-refractivity contribution in [3.8, 4) is 0 Å². The third-order valence-corrected chi connectivity index (χ3v) is 3.59. The van der Waals surface area contributed by atoms with Gasteiger partial charge in [-0.25, -0.2) is 0 Å². The fraction of sp³-hybridized carbons (Fsp3) is 0.714. The molecule has 1 aliphatic heterocycles. The average Bonchev–Trinajstić information content (AvgIpc) is 3.08. The number of likely N-dealkylation sites (N-methyl/N-ethyl adjacent to an activating group) is 1. The van der Waals surface area contributed by atoms with Crippen LogP contribution in [0.3, 0.4) is 0 Å². The van der Waals surface area contributed by atoms with Gasteiger partial charge >= 0.3 is 0 Å². The Labute approximate surface area is 114 Å². The summed E-state index contributed by atoms with van der Waals surface area (Å²) in [6.45, 7) is 4.39. The fourth-order valence-electron chi connectivity index (χ4n) is 2.46. The lowest BCUT2D eigenvalue weighted by Gasteiger charge is -2.24. The fourth-order valence-corrected chi connectivity index (χ4v) is 2.46. The summed E-state index contributed by atoms with van der Waals surface area (Å²) in [6, 6.07) is 0. The number of nitrogens with one attached hydrogen (secondary N) is 1. The van der Waals surface area contributed by atoms with Gasteiger partial charge in [0.05, 0.1) is 12.3 Å². The molecule has 5 nitrogen and oxygen atoms in total. The number of aromatic nitrogens is 2. The van der Waals surface area contributed by atoms with Crippen LogP contribution in [0.4, 0.5) is 0 Å². The Morgan fingerprint density at radius 1 is 1.63 bits per heavy atom. The predicted molar refractivity (Wildman–Crippen MR) is 72.8 cm³/mol. The van der Waals surface area contributed by atoms with E-state index in [1.807, 2.05) is 24.2 Å². The first-order chi connectivity index (χ1) is 9.29. The molecule has 0 unspecified atom stereocenters. The van der Waals surface area contributed by atoms with Crippen LogP contribution in [0.25, 0.3) is 0 Å². The van der Waals surface area contributed by atoms with E-state index in [1.165, 1.54) is 0 Å². The van der Waals surface area contributed by atoms with E-state index < -0.39 is 0 Å². The van der Waals surface area contributed by atoms with Crippen molar-refractivity contribution in [1.82, 2.24) is 15.1 Å². The lowest BCUT2D eigenvalue weighted by Crippen LogP contribution is -2.37. The van der Waals surface area contributed by atoms with Crippen molar-refractivity contribution in [3.05, 3.63) is 18.0 Å². The quantitative estimate of drug-likeness (QED) is 0.817. The maximum Gasteiger partial charge on any atom is 0.222 e. The van der Waals surface area contributed by atoms with Gasteiger partial charge in [-0.3, -0.25) is 9.89 Å². The van der Waals surface area contributed by atoms with Gasteiger partial charge in [-0.2, -0.15) is 5.10 Å². The van der Waals surface area contributed by atoms with Gasteiger partial charge in [0.25, 0.3) is 0 Å². The summed E-state index contributed by atoms with van der Waals surface area (Å²) in [4.78, 5) is 14.1. The molecule has 106 valence electrons. The first-order valence-electron chi connectivity index (χ1n) is 7.16. The molecule has 1 atom stereocenters. The number of nitrogens with zero attached hydrogens (tertiary/aromatic N) is 2. The topological polar surface area (TPSA) is 58.2 Å². The highest BCUT2D eigenvalue weighted by Gasteiger charge is 2.21. The summed E-state index contributed by atoms with van der Waals surface area (Å²) in [5.74, 6) is 0.237. The van der Waals surface area contributed by atoms with Crippen LogP contribution in [0, 0.1) is 0 Å².